The van der Waals surface area contributed by atoms with Crippen molar-refractivity contribution >= 4 is 17.2 Å². The first-order valence-electron chi connectivity index (χ1n) is 10.7. The largest absolute Gasteiger partial charge is 0.487 e. The lowest BCUT2D eigenvalue weighted by atomic mass is 10.1. The monoisotopic (exact) mass is 428 g/mol. The van der Waals surface area contributed by atoms with Gasteiger partial charge in [-0.1, -0.05) is 24.3 Å². The van der Waals surface area contributed by atoms with E-state index in [-0.39, 0.29) is 5.91 Å². The van der Waals surface area contributed by atoms with Gasteiger partial charge in [-0.25, -0.2) is 4.98 Å². The highest BCUT2D eigenvalue weighted by Gasteiger charge is 2.09. The van der Waals surface area contributed by atoms with Crippen LogP contribution in [0.2, 0.25) is 0 Å². The molecular weight excluding hydrogens is 400 g/mol. The molecule has 2 aromatic heterocycles. The highest BCUT2D eigenvalue weighted by atomic mass is 16.5. The van der Waals surface area contributed by atoms with Crippen LogP contribution in [0.3, 0.4) is 0 Å². The maximum Gasteiger partial charge on any atom is 0.255 e. The molecule has 1 amide bonds. The molecule has 0 spiro atoms. The quantitative estimate of drug-likeness (QED) is 0.446. The van der Waals surface area contributed by atoms with Crippen LogP contribution < -0.4 is 10.1 Å². The van der Waals surface area contributed by atoms with Crippen LogP contribution in [-0.2, 0) is 13.0 Å². The Morgan fingerprint density at radius 3 is 2.66 bits per heavy atom. The van der Waals surface area contributed by atoms with Crippen LogP contribution >= 0.6 is 0 Å². The summed E-state index contributed by atoms with van der Waals surface area (Å²) in [6.45, 7) is 3.37. The summed E-state index contributed by atoms with van der Waals surface area (Å²) in [6, 6.07) is 19.2. The first kappa shape index (κ1) is 21.6. The number of imidazole rings is 1. The molecule has 4 aromatic rings. The van der Waals surface area contributed by atoms with Crippen LogP contribution in [0.1, 0.15) is 27.2 Å². The topological polar surface area (TPSA) is 58.9 Å². The lowest BCUT2D eigenvalue weighted by Gasteiger charge is -2.10. The molecule has 0 fully saturated rings. The Morgan fingerprint density at radius 2 is 1.88 bits per heavy atom. The van der Waals surface area contributed by atoms with E-state index < -0.39 is 0 Å². The number of hydrogen-bond acceptors (Lipinski definition) is 4. The summed E-state index contributed by atoms with van der Waals surface area (Å²) in [4.78, 5) is 19.4. The van der Waals surface area contributed by atoms with Gasteiger partial charge in [-0.15, -0.1) is 0 Å². The summed E-state index contributed by atoms with van der Waals surface area (Å²) >= 11 is 0. The molecule has 0 aliphatic carbocycles. The summed E-state index contributed by atoms with van der Waals surface area (Å²) in [5.74, 6) is 0.463. The van der Waals surface area contributed by atoms with E-state index in [1.54, 1.807) is 12.1 Å². The number of benzene rings is 2. The van der Waals surface area contributed by atoms with Crippen LogP contribution in [0.25, 0.3) is 5.65 Å². The number of aryl methyl sites for hydroxylation is 1. The molecule has 2 heterocycles. The molecule has 0 saturated heterocycles. The third-order valence-electron chi connectivity index (χ3n) is 5.19. The predicted octanol–water partition coefficient (Wildman–Crippen LogP) is 4.58. The SMILES string of the molecule is Cc1ccc2nc(COc3cccc(C(=O)Nc4ccc(CCN(C)C)cc4)c3)cn2c1. The van der Waals surface area contributed by atoms with Gasteiger partial charge >= 0.3 is 0 Å². The third-order valence-corrected chi connectivity index (χ3v) is 5.19. The fraction of sp³-hybridized carbons (Fsp3) is 0.231. The average molecular weight is 429 g/mol. The van der Waals surface area contributed by atoms with Crippen LogP contribution in [0.4, 0.5) is 5.69 Å². The Morgan fingerprint density at radius 1 is 1.06 bits per heavy atom. The van der Waals surface area contributed by atoms with Gasteiger partial charge in [0, 0.05) is 30.2 Å². The minimum absolute atomic E-state index is 0.167. The van der Waals surface area contributed by atoms with Crippen molar-refractivity contribution in [2.75, 3.05) is 26.0 Å². The molecule has 0 unspecified atom stereocenters. The summed E-state index contributed by atoms with van der Waals surface area (Å²) in [5, 5.41) is 2.95. The minimum Gasteiger partial charge on any atom is -0.487 e. The molecule has 0 aliphatic heterocycles. The number of pyridine rings is 1. The van der Waals surface area contributed by atoms with Crippen molar-refractivity contribution in [3.63, 3.8) is 0 Å². The number of nitrogens with one attached hydrogen (secondary N) is 1. The van der Waals surface area contributed by atoms with Crippen molar-refractivity contribution in [1.82, 2.24) is 14.3 Å². The molecule has 164 valence electrons. The smallest absolute Gasteiger partial charge is 0.255 e. The van der Waals surface area contributed by atoms with Crippen LogP contribution in [0.15, 0.2) is 73.1 Å². The van der Waals surface area contributed by atoms with Crippen LogP contribution in [0, 0.1) is 6.92 Å². The van der Waals surface area contributed by atoms with Crippen LogP contribution in [0.5, 0.6) is 5.75 Å². The van der Waals surface area contributed by atoms with E-state index in [1.807, 2.05) is 60.1 Å². The molecule has 2 aromatic carbocycles. The first-order valence-corrected chi connectivity index (χ1v) is 10.7. The number of aromatic nitrogens is 2. The molecule has 32 heavy (non-hydrogen) atoms. The van der Waals surface area contributed by atoms with Gasteiger partial charge < -0.3 is 19.4 Å². The van der Waals surface area contributed by atoms with Gasteiger partial charge in [0.05, 0.1) is 5.69 Å². The van der Waals surface area contributed by atoms with E-state index in [0.717, 1.165) is 30.0 Å². The molecule has 1 N–H and O–H groups in total. The number of anilines is 1. The Balaban J connectivity index is 1.36. The fourth-order valence-corrected chi connectivity index (χ4v) is 3.42. The molecule has 0 atom stereocenters. The van der Waals surface area contributed by atoms with Gasteiger partial charge in [0.1, 0.15) is 18.0 Å². The van der Waals surface area contributed by atoms with Crippen LogP contribution in [-0.4, -0.2) is 40.8 Å². The lowest BCUT2D eigenvalue weighted by Crippen LogP contribution is -2.15. The fourth-order valence-electron chi connectivity index (χ4n) is 3.42. The van der Waals surface area contributed by atoms with E-state index in [1.165, 1.54) is 11.1 Å². The number of nitrogens with zero attached hydrogens (tertiary/aromatic N) is 3. The highest BCUT2D eigenvalue weighted by Crippen LogP contribution is 2.18. The number of likely N-dealkylation sites (N-methyl/N-ethyl adjacent to an activating group) is 1. The van der Waals surface area contributed by atoms with E-state index in [2.05, 4.69) is 41.4 Å². The molecule has 0 bridgehead atoms. The number of carbonyl (C=O) groups is 1. The third kappa shape index (κ3) is 5.53. The second-order valence-corrected chi connectivity index (χ2v) is 8.22. The van der Waals surface area contributed by atoms with E-state index >= 15 is 0 Å². The lowest BCUT2D eigenvalue weighted by molar-refractivity contribution is 0.102. The first-order chi connectivity index (χ1) is 15.5. The van der Waals surface area contributed by atoms with E-state index in [0.29, 0.717) is 17.9 Å². The van der Waals surface area contributed by atoms with Crippen molar-refractivity contribution in [2.24, 2.45) is 0 Å². The standard InChI is InChI=1S/C26H28N4O2/c1-19-7-12-25-27-23(17-30(25)16-19)18-32-24-6-4-5-21(15-24)26(31)28-22-10-8-20(9-11-22)13-14-29(2)3/h4-12,15-17H,13-14,18H2,1-3H3,(H,28,31). The van der Waals surface area contributed by atoms with E-state index in [9.17, 15) is 4.79 Å². The number of ether oxygens (including phenoxy) is 1. The minimum atomic E-state index is -0.167. The highest BCUT2D eigenvalue weighted by molar-refractivity contribution is 6.04. The van der Waals surface area contributed by atoms with Gasteiger partial charge in [0.15, 0.2) is 0 Å². The number of hydrogen-bond donors (Lipinski definition) is 1. The van der Waals surface area contributed by atoms with Gasteiger partial charge in [-0.2, -0.15) is 0 Å². The predicted molar refractivity (Wildman–Crippen MR) is 127 cm³/mol. The van der Waals surface area contributed by atoms with Gasteiger partial charge in [-0.3, -0.25) is 4.79 Å². The normalized spacial score (nSPS) is 11.1. The Hall–Kier alpha value is -3.64. The van der Waals surface area contributed by atoms with Crippen molar-refractivity contribution < 1.29 is 9.53 Å². The zero-order valence-corrected chi connectivity index (χ0v) is 18.7. The number of rotatable bonds is 8. The number of fused-ring (bicyclic) bond motifs is 1. The summed E-state index contributed by atoms with van der Waals surface area (Å²) in [6.07, 6.45) is 4.97. The number of carbonyl (C=O) groups excluding carboxylic acids is 1. The second kappa shape index (κ2) is 9.66. The Kier molecular flexibility index (Phi) is 6.52. The van der Waals surface area contributed by atoms with Crippen molar-refractivity contribution in [3.8, 4) is 5.75 Å². The summed E-state index contributed by atoms with van der Waals surface area (Å²) < 4.78 is 7.88. The molecule has 0 aliphatic rings. The summed E-state index contributed by atoms with van der Waals surface area (Å²) in [7, 11) is 4.12. The van der Waals surface area contributed by atoms with Gasteiger partial charge in [-0.05, 0) is 75.0 Å². The molecule has 0 saturated carbocycles. The molecule has 6 nitrogen and oxygen atoms in total. The van der Waals surface area contributed by atoms with Gasteiger partial charge in [0.2, 0.25) is 0 Å². The molecule has 0 radical (unpaired) electrons. The Bertz CT molecular complexity index is 1210. The van der Waals surface area contributed by atoms with Gasteiger partial charge in [0.25, 0.3) is 5.91 Å². The zero-order chi connectivity index (χ0) is 22.5. The van der Waals surface area contributed by atoms with Crippen molar-refractivity contribution in [1.29, 1.82) is 0 Å². The van der Waals surface area contributed by atoms with E-state index in [4.69, 9.17) is 4.74 Å². The molecule has 4 rings (SSSR count). The summed E-state index contributed by atoms with van der Waals surface area (Å²) in [5.41, 5.74) is 5.45. The number of amides is 1. The van der Waals surface area contributed by atoms with Crippen molar-refractivity contribution in [3.05, 3.63) is 95.4 Å². The molecule has 6 heteroatoms. The Labute approximate surface area is 188 Å². The average Bonchev–Trinajstić information content (AvgIpc) is 3.19. The maximum atomic E-state index is 12.7. The molecular formula is C26H28N4O2. The van der Waals surface area contributed by atoms with Crippen molar-refractivity contribution in [2.45, 2.75) is 20.0 Å². The maximum absolute atomic E-state index is 12.7. The zero-order valence-electron chi connectivity index (χ0n) is 18.7. The second-order valence-electron chi connectivity index (χ2n) is 8.22.